The minimum Gasteiger partial charge on any atom is -0.504 e. The molecule has 0 saturated heterocycles. The van der Waals surface area contributed by atoms with Crippen LogP contribution in [-0.4, -0.2) is 65.5 Å². The van der Waals surface area contributed by atoms with Crippen molar-refractivity contribution in [3.63, 3.8) is 0 Å². The van der Waals surface area contributed by atoms with Gasteiger partial charge in [-0.3, -0.25) is 15.2 Å². The Labute approximate surface area is 251 Å². The van der Waals surface area contributed by atoms with Gasteiger partial charge in [0.05, 0.1) is 31.3 Å². The number of phenolic OH excluding ortho intramolecular Hbond substituents is 1. The van der Waals surface area contributed by atoms with E-state index in [1.165, 1.54) is 25.3 Å². The van der Waals surface area contributed by atoms with E-state index in [4.69, 9.17) is 30.1 Å². The van der Waals surface area contributed by atoms with E-state index < -0.39 is 28.9 Å². The SMILES string of the molecule is COC(=O)C1CC2(Oc3ccc(Oc4c(F)cnc(Oc5cc(C(=N)N)ccc5O)c4F)c(C4=NCCN4C)c3)CCC1C2. The van der Waals surface area contributed by atoms with Gasteiger partial charge in [0.25, 0.3) is 5.88 Å². The molecule has 3 aromatic rings. The van der Waals surface area contributed by atoms with Gasteiger partial charge in [0.1, 0.15) is 28.8 Å². The number of nitrogens with zero attached hydrogens (tertiary/aromatic N) is 3. The molecule has 3 atom stereocenters. The predicted octanol–water partition coefficient (Wildman–Crippen LogP) is 4.74. The van der Waals surface area contributed by atoms with Crippen molar-refractivity contribution in [2.45, 2.75) is 31.3 Å². The molecule has 0 radical (unpaired) electrons. The number of aliphatic imine (C=N–C) groups is 1. The van der Waals surface area contributed by atoms with Gasteiger partial charge >= 0.3 is 5.97 Å². The summed E-state index contributed by atoms with van der Waals surface area (Å²) in [6, 6.07) is 8.78. The number of esters is 1. The number of rotatable bonds is 9. The van der Waals surface area contributed by atoms with Gasteiger partial charge in [-0.25, -0.2) is 9.37 Å². The maximum atomic E-state index is 15.7. The topological polar surface area (TPSA) is 153 Å². The number of ether oxygens (including phenoxy) is 4. The Balaban J connectivity index is 1.31. The fourth-order valence-electron chi connectivity index (χ4n) is 6.27. The summed E-state index contributed by atoms with van der Waals surface area (Å²) in [7, 11) is 3.24. The third-order valence-corrected chi connectivity index (χ3v) is 8.44. The number of aromatic hydroxyl groups is 1. The third kappa shape index (κ3) is 5.33. The summed E-state index contributed by atoms with van der Waals surface area (Å²) in [6.07, 6.45) is 3.71. The molecule has 2 aromatic carbocycles. The second-order valence-corrected chi connectivity index (χ2v) is 11.3. The molecule has 4 N–H and O–H groups in total. The van der Waals surface area contributed by atoms with Gasteiger partial charge in [-0.05, 0) is 61.6 Å². The van der Waals surface area contributed by atoms with Gasteiger partial charge in [0.15, 0.2) is 17.3 Å². The van der Waals surface area contributed by atoms with Crippen LogP contribution in [0, 0.1) is 28.9 Å². The number of hydrogen-bond acceptors (Lipinski definition) is 10. The zero-order valence-electron chi connectivity index (χ0n) is 24.1. The lowest BCUT2D eigenvalue weighted by Gasteiger charge is -2.30. The average molecular weight is 608 g/mol. The highest BCUT2D eigenvalue weighted by Gasteiger charge is 2.55. The number of pyridine rings is 1. The number of fused-ring (bicyclic) bond motifs is 2. The first-order valence-electron chi connectivity index (χ1n) is 14.1. The Morgan fingerprint density at radius 3 is 2.70 bits per heavy atom. The Kier molecular flexibility index (Phi) is 7.48. The van der Waals surface area contributed by atoms with Crippen LogP contribution in [0.25, 0.3) is 0 Å². The number of phenols is 1. The van der Waals surface area contributed by atoms with Crippen LogP contribution >= 0.6 is 0 Å². The minimum absolute atomic E-state index is 0.113. The van der Waals surface area contributed by atoms with Crippen molar-refractivity contribution >= 4 is 17.6 Å². The lowest BCUT2D eigenvalue weighted by Crippen LogP contribution is -2.34. The maximum Gasteiger partial charge on any atom is 0.309 e. The van der Waals surface area contributed by atoms with E-state index in [0.29, 0.717) is 36.7 Å². The largest absolute Gasteiger partial charge is 0.504 e. The number of nitrogens with two attached hydrogens (primary N) is 1. The lowest BCUT2D eigenvalue weighted by atomic mass is 9.87. The van der Waals surface area contributed by atoms with Crippen LogP contribution in [0.15, 0.2) is 47.6 Å². The Hall–Kier alpha value is -4.94. The number of methoxy groups -OCH3 is 1. The number of nitrogen functional groups attached to an aromatic ring is 1. The van der Waals surface area contributed by atoms with Crippen LogP contribution in [0.1, 0.15) is 36.8 Å². The molecule has 0 amide bonds. The Morgan fingerprint density at radius 1 is 1.16 bits per heavy atom. The van der Waals surface area contributed by atoms with E-state index >= 15 is 4.39 Å². The number of aromatic nitrogens is 1. The molecule has 6 rings (SSSR count). The number of likely N-dealkylation sites (N-methyl/N-ethyl adjacent to an activating group) is 1. The molecule has 230 valence electrons. The smallest absolute Gasteiger partial charge is 0.309 e. The number of benzene rings is 2. The van der Waals surface area contributed by atoms with E-state index in [-0.39, 0.29) is 46.5 Å². The van der Waals surface area contributed by atoms with E-state index in [2.05, 4.69) is 9.98 Å². The normalized spacial score (nSPS) is 22.1. The van der Waals surface area contributed by atoms with Gasteiger partial charge in [0, 0.05) is 25.6 Å². The molecule has 2 heterocycles. The first-order chi connectivity index (χ1) is 21.1. The molecular formula is C31H31F2N5O6. The average Bonchev–Trinajstić information content (AvgIpc) is 3.72. The van der Waals surface area contributed by atoms with E-state index in [9.17, 15) is 14.3 Å². The first-order valence-corrected chi connectivity index (χ1v) is 14.1. The molecule has 1 aromatic heterocycles. The van der Waals surface area contributed by atoms with Crippen molar-refractivity contribution in [3.8, 4) is 34.6 Å². The summed E-state index contributed by atoms with van der Waals surface area (Å²) in [4.78, 5) is 22.5. The second-order valence-electron chi connectivity index (χ2n) is 11.3. The summed E-state index contributed by atoms with van der Waals surface area (Å²) >= 11 is 0. The van der Waals surface area contributed by atoms with Crippen LogP contribution in [0.5, 0.6) is 34.6 Å². The van der Waals surface area contributed by atoms with E-state index in [1.54, 1.807) is 18.2 Å². The van der Waals surface area contributed by atoms with Crippen molar-refractivity contribution in [2.75, 3.05) is 27.2 Å². The predicted molar refractivity (Wildman–Crippen MR) is 155 cm³/mol. The van der Waals surface area contributed by atoms with Crippen LogP contribution in [-0.2, 0) is 9.53 Å². The first kappa shape index (κ1) is 29.1. The molecule has 2 fully saturated rings. The molecule has 2 aliphatic carbocycles. The van der Waals surface area contributed by atoms with Crippen molar-refractivity contribution in [3.05, 3.63) is 65.4 Å². The quantitative estimate of drug-likeness (QED) is 0.178. The van der Waals surface area contributed by atoms with Crippen molar-refractivity contribution in [1.29, 1.82) is 5.41 Å². The zero-order valence-corrected chi connectivity index (χ0v) is 24.1. The summed E-state index contributed by atoms with van der Waals surface area (Å²) in [5.74, 6) is -3.70. The van der Waals surface area contributed by atoms with Crippen LogP contribution in [0.4, 0.5) is 8.78 Å². The monoisotopic (exact) mass is 607 g/mol. The van der Waals surface area contributed by atoms with Crippen LogP contribution < -0.4 is 19.9 Å². The molecule has 2 bridgehead atoms. The highest BCUT2D eigenvalue weighted by Crippen LogP contribution is 2.54. The van der Waals surface area contributed by atoms with Gasteiger partial charge < -0.3 is 34.7 Å². The third-order valence-electron chi connectivity index (χ3n) is 8.44. The van der Waals surface area contributed by atoms with Crippen molar-refractivity contribution < 1.29 is 37.6 Å². The Bertz CT molecular complexity index is 1680. The fourth-order valence-corrected chi connectivity index (χ4v) is 6.27. The fraction of sp³-hybridized carbons (Fsp3) is 0.355. The summed E-state index contributed by atoms with van der Waals surface area (Å²) in [5, 5.41) is 17.8. The summed E-state index contributed by atoms with van der Waals surface area (Å²) < 4.78 is 53.5. The van der Waals surface area contributed by atoms with Crippen molar-refractivity contribution in [1.82, 2.24) is 9.88 Å². The molecule has 13 heteroatoms. The van der Waals surface area contributed by atoms with Gasteiger partial charge in [-0.1, -0.05) is 0 Å². The highest BCUT2D eigenvalue weighted by atomic mass is 19.1. The molecule has 1 aliphatic heterocycles. The minimum atomic E-state index is -1.25. The molecular weight excluding hydrogens is 576 g/mol. The number of amidine groups is 2. The highest BCUT2D eigenvalue weighted by molar-refractivity contribution is 6.02. The number of nitrogens with one attached hydrogen (secondary N) is 1. The molecule has 3 unspecified atom stereocenters. The van der Waals surface area contributed by atoms with Gasteiger partial charge in [0.2, 0.25) is 11.6 Å². The van der Waals surface area contributed by atoms with E-state index in [1.807, 2.05) is 11.9 Å². The number of hydrogen-bond donors (Lipinski definition) is 3. The van der Waals surface area contributed by atoms with Gasteiger partial charge in [-0.2, -0.15) is 4.39 Å². The standard InChI is InChI=1S/C31H31F2N5O6/c1-38-10-9-36-28(38)19-12-18(44-31-8-7-17(13-31)20(14-31)30(40)41-2)4-6-23(19)42-26-21(32)15-37-29(25(26)33)43-24-11-16(27(34)35)3-5-22(24)39/h3-6,11-12,15,17,20,39H,7-10,13-14H2,1-2H3,(H3,34,35). The lowest BCUT2D eigenvalue weighted by molar-refractivity contribution is -0.147. The van der Waals surface area contributed by atoms with Crippen LogP contribution in [0.3, 0.4) is 0 Å². The summed E-state index contributed by atoms with van der Waals surface area (Å²) in [5.41, 5.74) is 5.68. The van der Waals surface area contributed by atoms with Gasteiger partial charge in [-0.15, -0.1) is 0 Å². The maximum absolute atomic E-state index is 15.7. The molecule has 3 aliphatic rings. The van der Waals surface area contributed by atoms with Crippen molar-refractivity contribution in [2.24, 2.45) is 22.6 Å². The zero-order chi connectivity index (χ0) is 31.2. The number of carbonyl (C=O) groups excluding carboxylic acids is 1. The molecule has 11 nitrogen and oxygen atoms in total. The second kappa shape index (κ2) is 11.3. The summed E-state index contributed by atoms with van der Waals surface area (Å²) in [6.45, 7) is 1.17. The number of halogens is 2. The number of carbonyl (C=O) groups is 1. The molecule has 2 saturated carbocycles. The van der Waals surface area contributed by atoms with Crippen LogP contribution in [0.2, 0.25) is 0 Å². The Morgan fingerprint density at radius 2 is 1.98 bits per heavy atom. The van der Waals surface area contributed by atoms with E-state index in [0.717, 1.165) is 25.5 Å². The molecule has 44 heavy (non-hydrogen) atoms. The molecule has 0 spiro atoms.